The molecular formula is C31H44N4O10. The van der Waals surface area contributed by atoms with Gasteiger partial charge in [-0.2, -0.15) is 0 Å². The van der Waals surface area contributed by atoms with Gasteiger partial charge in [0.25, 0.3) is 5.91 Å². The third kappa shape index (κ3) is 12.3. The molecule has 1 amide bonds. The van der Waals surface area contributed by atoms with Gasteiger partial charge in [0.05, 0.1) is 20.0 Å². The largest absolute Gasteiger partial charge is 0.493 e. The smallest absolute Gasteiger partial charge is 0.336 e. The molecule has 1 fully saturated rings. The topological polar surface area (TPSA) is 222 Å². The molecule has 7 N–H and O–H groups in total. The number of nitrogens with zero attached hydrogens (tertiary/aromatic N) is 2. The minimum Gasteiger partial charge on any atom is -0.493 e. The maximum atomic E-state index is 11.1. The van der Waals surface area contributed by atoms with Crippen molar-refractivity contribution in [3.63, 3.8) is 0 Å². The molecule has 0 radical (unpaired) electrons. The third-order valence-corrected chi connectivity index (χ3v) is 7.09. The van der Waals surface area contributed by atoms with E-state index >= 15 is 0 Å². The van der Waals surface area contributed by atoms with Crippen LogP contribution in [0.15, 0.2) is 42.7 Å². The molecular weight excluding hydrogens is 588 g/mol. The van der Waals surface area contributed by atoms with Gasteiger partial charge in [-0.1, -0.05) is 6.07 Å². The zero-order valence-corrected chi connectivity index (χ0v) is 26.3. The van der Waals surface area contributed by atoms with Crippen molar-refractivity contribution in [3.8, 4) is 11.5 Å². The molecule has 0 bridgehead atoms. The van der Waals surface area contributed by atoms with E-state index in [2.05, 4.69) is 55.0 Å². The highest BCUT2D eigenvalue weighted by Gasteiger charge is 2.41. The minimum atomic E-state index is -2.74. The third-order valence-electron chi connectivity index (χ3n) is 7.09. The fourth-order valence-corrected chi connectivity index (χ4v) is 5.59. The number of benzene rings is 1. The van der Waals surface area contributed by atoms with Crippen LogP contribution >= 0.6 is 0 Å². The summed E-state index contributed by atoms with van der Waals surface area (Å²) in [5.41, 5.74) is 4.93. The lowest BCUT2D eigenvalue weighted by Gasteiger charge is -2.49. The second-order valence-electron chi connectivity index (χ2n) is 12.4. The molecule has 14 heteroatoms. The summed E-state index contributed by atoms with van der Waals surface area (Å²) in [7, 11) is 1.60. The molecule has 0 unspecified atom stereocenters. The number of rotatable bonds is 14. The number of aromatic nitrogens is 1. The molecule has 0 spiro atoms. The number of ether oxygens (including phenoxy) is 2. The first kappa shape index (κ1) is 36.9. The fraction of sp³-hybridized carbons (Fsp3) is 0.516. The molecule has 1 aliphatic heterocycles. The molecule has 1 aromatic heterocycles. The van der Waals surface area contributed by atoms with E-state index in [4.69, 9.17) is 35.6 Å². The van der Waals surface area contributed by atoms with Gasteiger partial charge in [0.2, 0.25) is 0 Å². The molecule has 14 nitrogen and oxygen atoms in total. The van der Waals surface area contributed by atoms with Crippen LogP contribution in [-0.2, 0) is 32.3 Å². The van der Waals surface area contributed by atoms with E-state index in [-0.39, 0.29) is 17.7 Å². The number of nitrogens with one attached hydrogen (secondary N) is 1. The van der Waals surface area contributed by atoms with Gasteiger partial charge in [0.15, 0.2) is 23.7 Å². The number of carbonyl (C=O) groups excluding carboxylic acids is 1. The van der Waals surface area contributed by atoms with Crippen LogP contribution in [0.2, 0.25) is 0 Å². The van der Waals surface area contributed by atoms with E-state index in [0.29, 0.717) is 17.5 Å². The normalized spacial score (nSPS) is 15.8. The van der Waals surface area contributed by atoms with Gasteiger partial charge in [-0.15, -0.1) is 0 Å². The Morgan fingerprint density at radius 3 is 1.93 bits per heavy atom. The summed E-state index contributed by atoms with van der Waals surface area (Å²) in [6.07, 6.45) is 3.51. The second kappa shape index (κ2) is 15.6. The van der Waals surface area contributed by atoms with E-state index in [1.54, 1.807) is 7.11 Å². The second-order valence-corrected chi connectivity index (χ2v) is 12.4. The van der Waals surface area contributed by atoms with Crippen molar-refractivity contribution >= 4 is 23.8 Å². The lowest BCUT2D eigenvalue weighted by atomic mass is 9.79. The predicted octanol–water partition coefficient (Wildman–Crippen LogP) is 2.02. The standard InChI is InChI=1S/C25H36N4O3.C6H8O7/c1-24(2)13-20(14-25(3,4)28-24)29(15-18-8-10-27-11-9-18)16-19-6-7-21(22(12-19)31-5)32-17-23(26)30;7-3(8)1-6(13,5(11)12)2-4(9)10/h6-12,20,28H,13-17H2,1-5H3,(H2,26,30);13H,1-2H2,(H,7,8)(H,9,10)(H,11,12). The average Bonchev–Trinajstić information content (AvgIpc) is 2.90. The van der Waals surface area contributed by atoms with Crippen molar-refractivity contribution in [3.05, 3.63) is 53.9 Å². The number of pyridine rings is 1. The van der Waals surface area contributed by atoms with Crippen molar-refractivity contribution in [1.82, 2.24) is 15.2 Å². The summed E-state index contributed by atoms with van der Waals surface area (Å²) in [5.74, 6) is -4.43. The number of hydrogen-bond donors (Lipinski definition) is 6. The fourth-order valence-electron chi connectivity index (χ4n) is 5.59. The van der Waals surface area contributed by atoms with Crippen LogP contribution in [0.1, 0.15) is 64.5 Å². The summed E-state index contributed by atoms with van der Waals surface area (Å²) in [4.78, 5) is 48.3. The van der Waals surface area contributed by atoms with Crippen molar-refractivity contribution in [1.29, 1.82) is 0 Å². The molecule has 0 saturated carbocycles. The molecule has 2 aromatic rings. The number of aliphatic hydroxyl groups is 1. The zero-order chi connectivity index (χ0) is 34.0. The van der Waals surface area contributed by atoms with E-state index in [1.165, 1.54) is 5.56 Å². The van der Waals surface area contributed by atoms with Crippen molar-refractivity contribution in [2.75, 3.05) is 13.7 Å². The Bertz CT molecular complexity index is 1300. The average molecular weight is 633 g/mol. The quantitative estimate of drug-likeness (QED) is 0.176. The highest BCUT2D eigenvalue weighted by atomic mass is 16.5. The van der Waals surface area contributed by atoms with Crippen LogP contribution in [0.4, 0.5) is 0 Å². The first-order chi connectivity index (χ1) is 20.8. The highest BCUT2D eigenvalue weighted by molar-refractivity contribution is 5.88. The Balaban J connectivity index is 0.000000459. The van der Waals surface area contributed by atoms with Gasteiger partial charge in [0, 0.05) is 42.6 Å². The summed E-state index contributed by atoms with van der Waals surface area (Å²) < 4.78 is 11.0. The molecule has 3 rings (SSSR count). The maximum absolute atomic E-state index is 11.1. The van der Waals surface area contributed by atoms with Gasteiger partial charge in [-0.3, -0.25) is 24.3 Å². The number of primary amides is 1. The van der Waals surface area contributed by atoms with Crippen molar-refractivity contribution < 1.29 is 49.1 Å². The Morgan fingerprint density at radius 1 is 0.933 bits per heavy atom. The summed E-state index contributed by atoms with van der Waals surface area (Å²) in [6, 6.07) is 10.4. The number of aliphatic carboxylic acids is 3. The Morgan fingerprint density at radius 2 is 1.47 bits per heavy atom. The number of methoxy groups -OCH3 is 1. The van der Waals surface area contributed by atoms with E-state index in [0.717, 1.165) is 31.5 Å². The Kier molecular flexibility index (Phi) is 12.8. The van der Waals surface area contributed by atoms with E-state index in [9.17, 15) is 19.2 Å². The number of hydrogen-bond acceptors (Lipinski definition) is 10. The zero-order valence-electron chi connectivity index (χ0n) is 26.3. The number of amides is 1. The number of piperidine rings is 1. The van der Waals surface area contributed by atoms with Crippen molar-refractivity contribution in [2.24, 2.45) is 5.73 Å². The molecule has 0 atom stereocenters. The van der Waals surface area contributed by atoms with Gasteiger partial charge in [-0.25, -0.2) is 4.79 Å². The predicted molar refractivity (Wildman–Crippen MR) is 163 cm³/mol. The molecule has 2 heterocycles. The monoisotopic (exact) mass is 632 g/mol. The van der Waals surface area contributed by atoms with Gasteiger partial charge in [-0.05, 0) is 75.9 Å². The van der Waals surface area contributed by atoms with Crippen LogP contribution in [0.25, 0.3) is 0 Å². The molecule has 1 aliphatic rings. The van der Waals surface area contributed by atoms with E-state index < -0.39 is 42.3 Å². The minimum absolute atomic E-state index is 0.0487. The van der Waals surface area contributed by atoms with Crippen LogP contribution < -0.4 is 20.5 Å². The number of nitrogens with two attached hydrogens (primary N) is 1. The van der Waals surface area contributed by atoms with Gasteiger partial charge in [0.1, 0.15) is 0 Å². The molecule has 45 heavy (non-hydrogen) atoms. The van der Waals surface area contributed by atoms with Crippen molar-refractivity contribution in [2.45, 2.75) is 89.2 Å². The van der Waals surface area contributed by atoms with Crippen LogP contribution in [-0.4, -0.2) is 90.6 Å². The van der Waals surface area contributed by atoms with Gasteiger partial charge >= 0.3 is 17.9 Å². The van der Waals surface area contributed by atoms with Crippen LogP contribution in [0, 0.1) is 0 Å². The van der Waals surface area contributed by atoms with Crippen LogP contribution in [0.5, 0.6) is 11.5 Å². The SMILES string of the molecule is COc1cc(CN(Cc2ccncc2)C2CC(C)(C)NC(C)(C)C2)ccc1OCC(N)=O.O=C(O)CC(O)(CC(=O)O)C(=O)O. The summed E-state index contributed by atoms with van der Waals surface area (Å²) in [5, 5.41) is 37.6. The molecule has 1 aromatic carbocycles. The highest BCUT2D eigenvalue weighted by Crippen LogP contribution is 2.34. The van der Waals surface area contributed by atoms with E-state index in [1.807, 2.05) is 30.6 Å². The number of carboxylic acids is 3. The number of carboxylic acid groups (broad SMARTS) is 3. The molecule has 1 saturated heterocycles. The first-order valence-electron chi connectivity index (χ1n) is 14.2. The first-order valence-corrected chi connectivity index (χ1v) is 14.2. The van der Waals surface area contributed by atoms with Gasteiger partial charge < -0.3 is 41.0 Å². The summed E-state index contributed by atoms with van der Waals surface area (Å²) >= 11 is 0. The van der Waals surface area contributed by atoms with Crippen LogP contribution in [0.3, 0.4) is 0 Å². The lowest BCUT2D eigenvalue weighted by Crippen LogP contribution is -2.62. The Hall–Kier alpha value is -4.27. The molecule has 248 valence electrons. The Labute approximate surface area is 262 Å². The number of carbonyl (C=O) groups is 4. The summed E-state index contributed by atoms with van der Waals surface area (Å²) in [6.45, 7) is 10.5. The maximum Gasteiger partial charge on any atom is 0.336 e. The lowest BCUT2D eigenvalue weighted by molar-refractivity contribution is -0.170. The molecule has 0 aliphatic carbocycles.